The summed E-state index contributed by atoms with van der Waals surface area (Å²) in [5.74, 6) is -7.36. The molecule has 8 atom stereocenters. The maximum Gasteiger partial charge on any atom is 0.244 e. The Hall–Kier alpha value is -7.38. The number of carbonyl (C=O) groups excluding carboxylic acids is 9. The van der Waals surface area contributed by atoms with Gasteiger partial charge in [-0.25, -0.2) is 0 Å². The van der Waals surface area contributed by atoms with Crippen LogP contribution < -0.4 is 59.7 Å². The molecule has 0 radical (unpaired) electrons. The zero-order valence-electron chi connectivity index (χ0n) is 43.6. The smallest absolute Gasteiger partial charge is 0.244 e. The van der Waals surface area contributed by atoms with E-state index in [0.29, 0.717) is 40.1 Å². The van der Waals surface area contributed by atoms with Crippen molar-refractivity contribution >= 4 is 86.4 Å². The highest BCUT2D eigenvalue weighted by molar-refractivity contribution is 8.76. The summed E-state index contributed by atoms with van der Waals surface area (Å²) in [6.07, 6.45) is 0.515. The molecule has 0 aromatic heterocycles. The second-order valence-electron chi connectivity index (χ2n) is 19.0. The van der Waals surface area contributed by atoms with Crippen molar-refractivity contribution in [2.45, 2.75) is 114 Å². The number of carbonyl (C=O) groups is 9. The highest BCUT2D eigenvalue weighted by Gasteiger charge is 2.35. The summed E-state index contributed by atoms with van der Waals surface area (Å²) >= 11 is 6.08. The largest absolute Gasteiger partial charge is 0.508 e. The molecule has 0 spiro atoms. The summed E-state index contributed by atoms with van der Waals surface area (Å²) in [6, 6.07) is 14.5. The second-order valence-corrected chi connectivity index (χ2v) is 22.0. The lowest BCUT2D eigenvalue weighted by atomic mass is 10.0. The number of phenols is 2. The first kappa shape index (κ1) is 62.5. The third-order valence-corrected chi connectivity index (χ3v) is 15.2. The molecule has 0 bridgehead atoms. The van der Waals surface area contributed by atoms with Crippen molar-refractivity contribution < 1.29 is 53.4 Å². The average molecular weight is 1150 g/mol. The van der Waals surface area contributed by atoms with E-state index in [1.165, 1.54) is 62.4 Å². The van der Waals surface area contributed by atoms with Gasteiger partial charge in [-0.2, -0.15) is 0 Å². The molecule has 16 N–H and O–H groups in total. The summed E-state index contributed by atoms with van der Waals surface area (Å²) in [7, 11) is 2.02. The lowest BCUT2D eigenvalue weighted by Gasteiger charge is -2.28. The van der Waals surface area contributed by atoms with Gasteiger partial charge in [-0.1, -0.05) is 93.9 Å². The van der Waals surface area contributed by atoms with Gasteiger partial charge in [-0.3, -0.25) is 43.2 Å². The van der Waals surface area contributed by atoms with Crippen LogP contribution >= 0.6 is 33.2 Å². The molecule has 0 aliphatic carbocycles. The van der Waals surface area contributed by atoms with E-state index >= 15 is 0 Å². The number of nitrogens with two attached hydrogens (primary N) is 3. The lowest BCUT2D eigenvalue weighted by molar-refractivity contribution is -0.135. The van der Waals surface area contributed by atoms with E-state index in [0.717, 1.165) is 27.2 Å². The molecule has 25 heteroatoms. The van der Waals surface area contributed by atoms with Crippen LogP contribution in [0.4, 0.5) is 0 Å². The van der Waals surface area contributed by atoms with E-state index in [1.807, 2.05) is 0 Å². The van der Waals surface area contributed by atoms with Crippen molar-refractivity contribution in [3.63, 3.8) is 0 Å². The SMILES string of the molecule is CC(=O)NCc1ccc(C[C@H]2NC(=O)[C@H](Cc3ccc(O)cc3)NC(=O)[C@H](NC(=O)[C@@H](N)Cc3ccc(Cl)cc3)CSSC[C@@H](C(=O)N[C@H](Cc3ccc(O)cc3)C(N)=O)NC(=O)[C@H](C)NC(=O)[C@H](CCCCN)NC2=O)cc1. The predicted octanol–water partition coefficient (Wildman–Crippen LogP) is 0.408. The van der Waals surface area contributed by atoms with Crippen LogP contribution in [0, 0.1) is 0 Å². The molecule has 5 rings (SSSR count). The van der Waals surface area contributed by atoms with E-state index in [-0.39, 0.29) is 74.1 Å². The van der Waals surface area contributed by atoms with Gasteiger partial charge in [0.25, 0.3) is 0 Å². The summed E-state index contributed by atoms with van der Waals surface area (Å²) in [5.41, 5.74) is 20.9. The van der Waals surface area contributed by atoms with Crippen molar-refractivity contribution in [3.8, 4) is 11.5 Å². The van der Waals surface area contributed by atoms with Crippen LogP contribution in [0.3, 0.4) is 0 Å². The van der Waals surface area contributed by atoms with Crippen LogP contribution in [0.15, 0.2) is 97.1 Å². The third kappa shape index (κ3) is 21.1. The van der Waals surface area contributed by atoms with E-state index in [4.69, 9.17) is 28.8 Å². The first-order chi connectivity index (χ1) is 37.7. The molecule has 0 unspecified atom stereocenters. The van der Waals surface area contributed by atoms with Crippen LogP contribution in [0.5, 0.6) is 11.5 Å². The van der Waals surface area contributed by atoms with Crippen LogP contribution in [-0.4, -0.2) is 130 Å². The van der Waals surface area contributed by atoms with E-state index in [1.54, 1.807) is 48.5 Å². The van der Waals surface area contributed by atoms with Gasteiger partial charge in [-0.05, 0) is 103 Å². The van der Waals surface area contributed by atoms with E-state index in [2.05, 4.69) is 42.5 Å². The number of benzene rings is 4. The molecule has 1 saturated heterocycles. The Morgan fingerprint density at radius 2 is 1.14 bits per heavy atom. The summed E-state index contributed by atoms with van der Waals surface area (Å²) in [5, 5.41) is 41.9. The number of rotatable bonds is 19. The zero-order chi connectivity index (χ0) is 57.6. The Morgan fingerprint density at radius 3 is 1.71 bits per heavy atom. The van der Waals surface area contributed by atoms with Crippen LogP contribution in [0.25, 0.3) is 0 Å². The van der Waals surface area contributed by atoms with Gasteiger partial charge < -0.3 is 69.9 Å². The normalized spacial score (nSPS) is 20.6. The quantitative estimate of drug-likeness (QED) is 0.0447. The molecule has 4 aromatic rings. The minimum atomic E-state index is -1.44. The molecule has 1 aliphatic rings. The number of primary amides is 1. The zero-order valence-corrected chi connectivity index (χ0v) is 46.0. The van der Waals surface area contributed by atoms with Gasteiger partial charge in [0.15, 0.2) is 0 Å². The summed E-state index contributed by atoms with van der Waals surface area (Å²) < 4.78 is 0. The fraction of sp³-hybridized carbons (Fsp3) is 0.389. The molecule has 22 nitrogen and oxygen atoms in total. The number of aromatic hydroxyl groups is 2. The third-order valence-electron chi connectivity index (χ3n) is 12.5. The number of unbranched alkanes of at least 4 members (excludes halogenated alkanes) is 1. The van der Waals surface area contributed by atoms with Crippen molar-refractivity contribution in [1.82, 2.24) is 42.5 Å². The van der Waals surface area contributed by atoms with Crippen LogP contribution in [0.2, 0.25) is 5.02 Å². The molecule has 1 heterocycles. The Labute approximate surface area is 470 Å². The van der Waals surface area contributed by atoms with E-state index in [9.17, 15) is 53.4 Å². The van der Waals surface area contributed by atoms with Crippen molar-refractivity contribution in [1.29, 1.82) is 0 Å². The number of halogens is 1. The summed E-state index contributed by atoms with van der Waals surface area (Å²) in [4.78, 5) is 124. The topological polar surface area (TPSA) is 368 Å². The number of nitrogens with one attached hydrogen (secondary N) is 8. The van der Waals surface area contributed by atoms with Gasteiger partial charge in [0.2, 0.25) is 53.2 Å². The second kappa shape index (κ2) is 31.3. The molecule has 0 saturated carbocycles. The van der Waals surface area contributed by atoms with Gasteiger partial charge in [0.1, 0.15) is 53.8 Å². The standard InChI is InChI=1S/C54H68ClN11O11S2/c1-30-48(71)65-45(53(76)62-42(47(58)70)24-34-12-18-38(68)19-13-34)28-78-79-29-46(66-49(72)40(57)23-32-10-16-37(55)17-11-32)54(77)64-44(26-35-14-20-39(69)21-15-35)52(75)63-43(25-33-6-8-36(9-7-33)27-59-31(2)67)51(74)61-41(50(73)60-30)5-3-4-22-56/h6-21,30,40-46,68-69H,3-5,22-29,56-57H2,1-2H3,(H2,58,70)(H,59,67)(H,60,73)(H,61,74)(H,62,76)(H,63,75)(H,64,77)(H,65,71)(H,66,72)/t30-,40-,41-,42+,43+,44-,45-,46+/m0/s1. The fourth-order valence-corrected chi connectivity index (χ4v) is 10.5. The van der Waals surface area contributed by atoms with Crippen LogP contribution in [-0.2, 0) is 75.4 Å². The number of amides is 9. The van der Waals surface area contributed by atoms with Gasteiger partial charge in [0, 0.05) is 49.3 Å². The maximum atomic E-state index is 14.8. The van der Waals surface area contributed by atoms with Gasteiger partial charge in [0.05, 0.1) is 6.04 Å². The van der Waals surface area contributed by atoms with Gasteiger partial charge >= 0.3 is 0 Å². The number of hydrogen-bond acceptors (Lipinski definition) is 15. The molecular formula is C54H68ClN11O11S2. The van der Waals surface area contributed by atoms with E-state index < -0.39 is 95.6 Å². The minimum Gasteiger partial charge on any atom is -0.508 e. The fourth-order valence-electron chi connectivity index (χ4n) is 8.00. The summed E-state index contributed by atoms with van der Waals surface area (Å²) in [6.45, 7) is 3.23. The molecular weight excluding hydrogens is 1080 g/mol. The Morgan fingerprint density at radius 1 is 0.646 bits per heavy atom. The number of phenolic OH excluding ortho intramolecular Hbond substituents is 2. The van der Waals surface area contributed by atoms with Crippen molar-refractivity contribution in [2.75, 3.05) is 18.1 Å². The molecule has 9 amide bonds. The molecule has 1 fully saturated rings. The highest BCUT2D eigenvalue weighted by atomic mass is 35.5. The Balaban J connectivity index is 1.54. The van der Waals surface area contributed by atoms with Crippen molar-refractivity contribution in [3.05, 3.63) is 130 Å². The molecule has 1 aliphatic heterocycles. The Bertz CT molecular complexity index is 2740. The predicted molar refractivity (Wildman–Crippen MR) is 301 cm³/mol. The Kier molecular flexibility index (Phi) is 24.7. The molecule has 4 aromatic carbocycles. The first-order valence-electron chi connectivity index (χ1n) is 25.4. The molecule has 79 heavy (non-hydrogen) atoms. The minimum absolute atomic E-state index is 0.0303. The lowest BCUT2D eigenvalue weighted by Crippen LogP contribution is -2.61. The van der Waals surface area contributed by atoms with Gasteiger partial charge in [-0.15, -0.1) is 0 Å². The maximum absolute atomic E-state index is 14.8. The highest BCUT2D eigenvalue weighted by Crippen LogP contribution is 2.24. The first-order valence-corrected chi connectivity index (χ1v) is 28.3. The monoisotopic (exact) mass is 1150 g/mol. The molecule has 424 valence electrons. The number of hydrogen-bond donors (Lipinski definition) is 13. The van der Waals surface area contributed by atoms with Crippen LogP contribution in [0.1, 0.15) is 60.9 Å². The van der Waals surface area contributed by atoms with Crippen molar-refractivity contribution in [2.24, 2.45) is 17.2 Å². The average Bonchev–Trinajstić information content (AvgIpc) is 3.41.